The molecule has 0 N–H and O–H groups in total. The molecule has 5 nitrogen and oxygen atoms in total. The summed E-state index contributed by atoms with van der Waals surface area (Å²) in [6, 6.07) is 27.3. The van der Waals surface area contributed by atoms with Crippen LogP contribution >= 0.6 is 0 Å². The molecular formula is C26H21NO4. The van der Waals surface area contributed by atoms with Gasteiger partial charge in [-0.25, -0.2) is 9.78 Å². The van der Waals surface area contributed by atoms with E-state index in [1.807, 2.05) is 91.0 Å². The molecule has 0 saturated carbocycles. The number of hydrogen-bond acceptors (Lipinski definition) is 5. The van der Waals surface area contributed by atoms with E-state index in [2.05, 4.69) is 4.74 Å². The van der Waals surface area contributed by atoms with Gasteiger partial charge in [0.25, 0.3) is 0 Å². The summed E-state index contributed by atoms with van der Waals surface area (Å²) in [7, 11) is 1.33. The number of carbonyl (C=O) groups is 1. The van der Waals surface area contributed by atoms with Crippen LogP contribution in [0.25, 0.3) is 34.7 Å². The van der Waals surface area contributed by atoms with Gasteiger partial charge in [0.1, 0.15) is 11.4 Å². The van der Waals surface area contributed by atoms with Gasteiger partial charge in [0.05, 0.1) is 7.11 Å². The monoisotopic (exact) mass is 411 g/mol. The van der Waals surface area contributed by atoms with E-state index in [1.165, 1.54) is 7.11 Å². The van der Waals surface area contributed by atoms with Gasteiger partial charge in [0, 0.05) is 17.2 Å². The van der Waals surface area contributed by atoms with Gasteiger partial charge in [-0.1, -0.05) is 72.8 Å². The third-order valence-electron chi connectivity index (χ3n) is 4.59. The van der Waals surface area contributed by atoms with Crippen LogP contribution in [-0.4, -0.2) is 24.7 Å². The van der Waals surface area contributed by atoms with Crippen molar-refractivity contribution in [3.8, 4) is 28.3 Å². The van der Waals surface area contributed by atoms with Gasteiger partial charge in [-0.15, -0.1) is 0 Å². The lowest BCUT2D eigenvalue weighted by Gasteiger charge is -2.05. The molecule has 0 amide bonds. The van der Waals surface area contributed by atoms with Gasteiger partial charge in [-0.3, -0.25) is 0 Å². The van der Waals surface area contributed by atoms with Crippen molar-refractivity contribution in [2.24, 2.45) is 0 Å². The van der Waals surface area contributed by atoms with Crippen molar-refractivity contribution in [2.75, 3.05) is 13.7 Å². The minimum atomic E-state index is -0.428. The van der Waals surface area contributed by atoms with Crippen molar-refractivity contribution < 1.29 is 18.7 Å². The van der Waals surface area contributed by atoms with E-state index in [0.29, 0.717) is 11.6 Å². The molecule has 3 aromatic carbocycles. The Hall–Kier alpha value is -4.12. The topological polar surface area (TPSA) is 61.6 Å². The SMILES string of the molecule is COC(=O)COc1cccc(/C=C\c2nc(-c3ccccc3)c(-c3ccccc3)o2)c1. The molecule has 0 unspecified atom stereocenters. The maximum Gasteiger partial charge on any atom is 0.343 e. The Balaban J connectivity index is 1.61. The van der Waals surface area contributed by atoms with Crippen LogP contribution in [0.5, 0.6) is 5.75 Å². The molecule has 1 aromatic heterocycles. The Kier molecular flexibility index (Phi) is 6.24. The molecule has 1 heterocycles. The highest BCUT2D eigenvalue weighted by Gasteiger charge is 2.15. The van der Waals surface area contributed by atoms with Gasteiger partial charge in [-0.05, 0) is 23.8 Å². The van der Waals surface area contributed by atoms with Crippen LogP contribution in [-0.2, 0) is 9.53 Å². The summed E-state index contributed by atoms with van der Waals surface area (Å²) in [6.07, 6.45) is 3.71. The van der Waals surface area contributed by atoms with Crippen LogP contribution in [0.4, 0.5) is 0 Å². The molecule has 0 aliphatic heterocycles. The standard InChI is InChI=1S/C26H21NO4/c1-29-24(28)18-30-22-14-8-9-19(17-22)15-16-23-27-25(20-10-4-2-5-11-20)26(31-23)21-12-6-3-7-13-21/h2-17H,18H2,1H3/b16-15-. The second-order valence-electron chi connectivity index (χ2n) is 6.73. The third kappa shape index (κ3) is 5.08. The van der Waals surface area contributed by atoms with Crippen LogP contribution < -0.4 is 4.74 Å². The van der Waals surface area contributed by atoms with Crippen molar-refractivity contribution in [1.29, 1.82) is 0 Å². The van der Waals surface area contributed by atoms with Crippen LogP contribution in [0.3, 0.4) is 0 Å². The zero-order chi connectivity index (χ0) is 21.5. The molecule has 4 rings (SSSR count). The summed E-state index contributed by atoms with van der Waals surface area (Å²) in [5, 5.41) is 0. The van der Waals surface area contributed by atoms with E-state index in [1.54, 1.807) is 6.07 Å². The van der Waals surface area contributed by atoms with Crippen LogP contribution in [0.15, 0.2) is 89.3 Å². The molecular weight excluding hydrogens is 390 g/mol. The third-order valence-corrected chi connectivity index (χ3v) is 4.59. The molecule has 31 heavy (non-hydrogen) atoms. The molecule has 0 fully saturated rings. The van der Waals surface area contributed by atoms with Crippen molar-refractivity contribution >= 4 is 18.1 Å². The Morgan fingerprint density at radius 3 is 2.32 bits per heavy atom. The summed E-state index contributed by atoms with van der Waals surface area (Å²) < 4.78 is 16.1. The largest absolute Gasteiger partial charge is 0.482 e. The summed E-state index contributed by atoms with van der Waals surface area (Å²) in [5.74, 6) is 1.37. The average molecular weight is 411 g/mol. The molecule has 0 aliphatic rings. The van der Waals surface area contributed by atoms with Gasteiger partial charge in [0.2, 0.25) is 5.89 Å². The van der Waals surface area contributed by atoms with Crippen molar-refractivity contribution in [2.45, 2.75) is 0 Å². The van der Waals surface area contributed by atoms with Gasteiger partial charge >= 0.3 is 5.97 Å². The maximum absolute atomic E-state index is 11.3. The first-order valence-electron chi connectivity index (χ1n) is 9.82. The Morgan fingerprint density at radius 2 is 1.61 bits per heavy atom. The first-order valence-corrected chi connectivity index (χ1v) is 9.82. The number of benzene rings is 3. The first kappa shape index (κ1) is 20.2. The number of aromatic nitrogens is 1. The van der Waals surface area contributed by atoms with E-state index in [0.717, 1.165) is 28.1 Å². The molecule has 0 atom stereocenters. The van der Waals surface area contributed by atoms with Crippen LogP contribution in [0, 0.1) is 0 Å². The lowest BCUT2D eigenvalue weighted by Crippen LogP contribution is -2.12. The first-order chi connectivity index (χ1) is 15.2. The molecule has 0 aliphatic carbocycles. The fourth-order valence-electron chi connectivity index (χ4n) is 3.06. The number of ether oxygens (including phenoxy) is 2. The second kappa shape index (κ2) is 9.59. The molecule has 154 valence electrons. The Bertz CT molecular complexity index is 1120. The van der Waals surface area contributed by atoms with Gasteiger partial charge in [0.15, 0.2) is 12.4 Å². The predicted octanol–water partition coefficient (Wildman–Crippen LogP) is 5.73. The number of rotatable bonds is 7. The summed E-state index contributed by atoms with van der Waals surface area (Å²) in [5.41, 5.74) is 3.64. The van der Waals surface area contributed by atoms with E-state index in [4.69, 9.17) is 14.1 Å². The normalized spacial score (nSPS) is 10.9. The Morgan fingerprint density at radius 1 is 0.903 bits per heavy atom. The zero-order valence-corrected chi connectivity index (χ0v) is 17.0. The fourth-order valence-corrected chi connectivity index (χ4v) is 3.06. The molecule has 5 heteroatoms. The van der Waals surface area contributed by atoms with Crippen molar-refractivity contribution in [3.05, 3.63) is 96.4 Å². The molecule has 4 aromatic rings. The highest BCUT2D eigenvalue weighted by atomic mass is 16.6. The molecule has 0 radical (unpaired) electrons. The van der Waals surface area contributed by atoms with E-state index in [9.17, 15) is 4.79 Å². The van der Waals surface area contributed by atoms with Crippen molar-refractivity contribution in [1.82, 2.24) is 4.98 Å². The lowest BCUT2D eigenvalue weighted by atomic mass is 10.1. The molecule has 0 spiro atoms. The van der Waals surface area contributed by atoms with Crippen LogP contribution in [0.2, 0.25) is 0 Å². The predicted molar refractivity (Wildman–Crippen MR) is 120 cm³/mol. The van der Waals surface area contributed by atoms with E-state index in [-0.39, 0.29) is 6.61 Å². The number of esters is 1. The van der Waals surface area contributed by atoms with Crippen LogP contribution in [0.1, 0.15) is 11.5 Å². The van der Waals surface area contributed by atoms with Crippen molar-refractivity contribution in [3.63, 3.8) is 0 Å². The minimum Gasteiger partial charge on any atom is -0.482 e. The fraction of sp³-hybridized carbons (Fsp3) is 0.0769. The van der Waals surface area contributed by atoms with Gasteiger partial charge < -0.3 is 13.9 Å². The quantitative estimate of drug-likeness (QED) is 0.363. The number of nitrogens with zero attached hydrogens (tertiary/aromatic N) is 1. The Labute approximate surface area is 180 Å². The second-order valence-corrected chi connectivity index (χ2v) is 6.73. The zero-order valence-electron chi connectivity index (χ0n) is 17.0. The number of hydrogen-bond donors (Lipinski definition) is 0. The summed E-state index contributed by atoms with van der Waals surface area (Å²) in [4.78, 5) is 16.0. The number of oxazole rings is 1. The van der Waals surface area contributed by atoms with E-state index >= 15 is 0 Å². The molecule has 0 bridgehead atoms. The maximum atomic E-state index is 11.3. The average Bonchev–Trinajstić information content (AvgIpc) is 3.27. The number of carbonyl (C=O) groups excluding carboxylic acids is 1. The highest BCUT2D eigenvalue weighted by molar-refractivity contribution is 5.78. The minimum absolute atomic E-state index is 0.135. The lowest BCUT2D eigenvalue weighted by molar-refractivity contribution is -0.142. The van der Waals surface area contributed by atoms with Gasteiger partial charge in [-0.2, -0.15) is 0 Å². The molecule has 0 saturated heterocycles. The number of methoxy groups -OCH3 is 1. The smallest absolute Gasteiger partial charge is 0.343 e. The highest BCUT2D eigenvalue weighted by Crippen LogP contribution is 2.33. The summed E-state index contributed by atoms with van der Waals surface area (Å²) in [6.45, 7) is -0.135. The summed E-state index contributed by atoms with van der Waals surface area (Å²) >= 11 is 0. The van der Waals surface area contributed by atoms with E-state index < -0.39 is 5.97 Å².